The predicted molar refractivity (Wildman–Crippen MR) is 110 cm³/mol. The Kier molecular flexibility index (Phi) is 13.2. The lowest BCUT2D eigenvalue weighted by Crippen LogP contribution is -2.40. The van der Waals surface area contributed by atoms with Crippen molar-refractivity contribution in [3.05, 3.63) is 0 Å². The second kappa shape index (κ2) is 13.2. The number of hydrogen-bond donors (Lipinski definition) is 1. The molecule has 6 heteroatoms. The van der Waals surface area contributed by atoms with E-state index in [0.717, 1.165) is 51.7 Å². The molecular formula is C17H37IN4O. The molecule has 0 aromatic heterocycles. The Labute approximate surface area is 160 Å². The van der Waals surface area contributed by atoms with Crippen LogP contribution in [0.15, 0.2) is 4.99 Å². The number of hydrogen-bond acceptors (Lipinski definition) is 3. The quantitative estimate of drug-likeness (QED) is 0.259. The topological polar surface area (TPSA) is 40.1 Å². The van der Waals surface area contributed by atoms with Crippen molar-refractivity contribution >= 4 is 29.9 Å². The van der Waals surface area contributed by atoms with Gasteiger partial charge in [0.05, 0.1) is 6.61 Å². The average molecular weight is 440 g/mol. The number of guanidine groups is 1. The van der Waals surface area contributed by atoms with Crippen molar-refractivity contribution in [1.82, 2.24) is 15.1 Å². The molecular weight excluding hydrogens is 403 g/mol. The summed E-state index contributed by atoms with van der Waals surface area (Å²) in [5, 5.41) is 3.43. The van der Waals surface area contributed by atoms with E-state index in [2.05, 4.69) is 42.9 Å². The lowest BCUT2D eigenvalue weighted by Gasteiger charge is -2.22. The number of methoxy groups -OCH3 is 1. The van der Waals surface area contributed by atoms with E-state index in [0.29, 0.717) is 12.0 Å². The lowest BCUT2D eigenvalue weighted by atomic mass is 10.1. The number of likely N-dealkylation sites (tertiary alicyclic amines) is 1. The van der Waals surface area contributed by atoms with Crippen molar-refractivity contribution in [2.45, 2.75) is 46.1 Å². The van der Waals surface area contributed by atoms with Gasteiger partial charge in [0.2, 0.25) is 0 Å². The van der Waals surface area contributed by atoms with Crippen LogP contribution >= 0.6 is 24.0 Å². The van der Waals surface area contributed by atoms with Crippen molar-refractivity contribution in [3.63, 3.8) is 0 Å². The highest BCUT2D eigenvalue weighted by atomic mass is 127. The van der Waals surface area contributed by atoms with Crippen LogP contribution in [-0.4, -0.2) is 75.3 Å². The molecule has 0 bridgehead atoms. The number of halogens is 1. The van der Waals surface area contributed by atoms with E-state index in [4.69, 9.17) is 9.73 Å². The fraction of sp³-hybridized carbons (Fsp3) is 0.941. The van der Waals surface area contributed by atoms with E-state index in [1.807, 2.05) is 0 Å². The number of aliphatic imine (C=N–C) groups is 1. The molecule has 1 unspecified atom stereocenters. The highest BCUT2D eigenvalue weighted by Crippen LogP contribution is 2.16. The second-order valence-corrected chi connectivity index (χ2v) is 6.57. The van der Waals surface area contributed by atoms with Gasteiger partial charge in [0.15, 0.2) is 5.96 Å². The molecule has 5 nitrogen and oxygen atoms in total. The largest absolute Gasteiger partial charge is 0.384 e. The van der Waals surface area contributed by atoms with Gasteiger partial charge in [0.25, 0.3) is 0 Å². The van der Waals surface area contributed by atoms with Crippen LogP contribution in [0, 0.1) is 5.92 Å². The first kappa shape index (κ1) is 22.9. The van der Waals surface area contributed by atoms with Gasteiger partial charge in [0, 0.05) is 45.2 Å². The SMILES string of the molecule is CCNC(=NCCCCN(C)C(C)C)N1CCC(COC)C1.I. The van der Waals surface area contributed by atoms with Gasteiger partial charge in [-0.2, -0.15) is 0 Å². The molecule has 1 N–H and O–H groups in total. The third-order valence-electron chi connectivity index (χ3n) is 4.38. The third kappa shape index (κ3) is 9.10. The molecule has 0 radical (unpaired) electrons. The van der Waals surface area contributed by atoms with Gasteiger partial charge in [-0.3, -0.25) is 4.99 Å². The Hall–Kier alpha value is -0.0800. The summed E-state index contributed by atoms with van der Waals surface area (Å²) in [6, 6.07) is 0.628. The zero-order chi connectivity index (χ0) is 16.4. The average Bonchev–Trinajstić information content (AvgIpc) is 2.94. The summed E-state index contributed by atoms with van der Waals surface area (Å²) in [6.45, 7) is 12.6. The lowest BCUT2D eigenvalue weighted by molar-refractivity contribution is 0.157. The molecule has 1 saturated heterocycles. The fourth-order valence-corrected chi connectivity index (χ4v) is 2.74. The van der Waals surface area contributed by atoms with Crippen molar-refractivity contribution in [2.24, 2.45) is 10.9 Å². The van der Waals surface area contributed by atoms with Crippen molar-refractivity contribution < 1.29 is 4.74 Å². The van der Waals surface area contributed by atoms with E-state index in [-0.39, 0.29) is 24.0 Å². The molecule has 0 aromatic carbocycles. The van der Waals surface area contributed by atoms with Crippen molar-refractivity contribution in [3.8, 4) is 0 Å². The number of unbranched alkanes of at least 4 members (excludes halogenated alkanes) is 1. The van der Waals surface area contributed by atoms with Crippen LogP contribution in [0.1, 0.15) is 40.0 Å². The van der Waals surface area contributed by atoms with E-state index in [9.17, 15) is 0 Å². The minimum atomic E-state index is 0. The van der Waals surface area contributed by atoms with E-state index in [1.54, 1.807) is 7.11 Å². The summed E-state index contributed by atoms with van der Waals surface area (Å²) in [5.74, 6) is 1.73. The van der Waals surface area contributed by atoms with Gasteiger partial charge < -0.3 is 19.9 Å². The first-order valence-electron chi connectivity index (χ1n) is 8.80. The summed E-state index contributed by atoms with van der Waals surface area (Å²) in [6.07, 6.45) is 3.57. The number of ether oxygens (including phenoxy) is 1. The maximum atomic E-state index is 5.28. The molecule has 23 heavy (non-hydrogen) atoms. The van der Waals surface area contributed by atoms with Crippen molar-refractivity contribution in [2.75, 3.05) is 53.5 Å². The Morgan fingerprint density at radius 1 is 1.39 bits per heavy atom. The Morgan fingerprint density at radius 2 is 2.13 bits per heavy atom. The second-order valence-electron chi connectivity index (χ2n) is 6.57. The molecule has 138 valence electrons. The standard InChI is InChI=1S/C17H36N4O.HI/c1-6-18-17(21-12-9-16(13-21)14-22-5)19-10-7-8-11-20(4)15(2)3;/h15-16H,6-14H2,1-5H3,(H,18,19);1H. The van der Waals surface area contributed by atoms with Crippen LogP contribution in [-0.2, 0) is 4.74 Å². The Bertz CT molecular complexity index is 326. The Balaban J connectivity index is 0.00000484. The first-order chi connectivity index (χ1) is 10.6. The van der Waals surface area contributed by atoms with Gasteiger partial charge in [0.1, 0.15) is 0 Å². The maximum Gasteiger partial charge on any atom is 0.193 e. The molecule has 1 heterocycles. The summed E-state index contributed by atoms with van der Waals surface area (Å²) in [5.41, 5.74) is 0. The van der Waals surface area contributed by atoms with Gasteiger partial charge in [-0.25, -0.2) is 0 Å². The molecule has 1 rings (SSSR count). The van der Waals surface area contributed by atoms with E-state index >= 15 is 0 Å². The van der Waals surface area contributed by atoms with Gasteiger partial charge >= 0.3 is 0 Å². The molecule has 1 aliphatic heterocycles. The molecule has 0 aliphatic carbocycles. The van der Waals surface area contributed by atoms with Gasteiger partial charge in [-0.15, -0.1) is 24.0 Å². The van der Waals surface area contributed by atoms with Crippen LogP contribution < -0.4 is 5.32 Å². The minimum absolute atomic E-state index is 0. The molecule has 0 aromatic rings. The normalized spacial score (nSPS) is 18.7. The third-order valence-corrected chi connectivity index (χ3v) is 4.38. The van der Waals surface area contributed by atoms with Gasteiger partial charge in [-0.1, -0.05) is 0 Å². The number of nitrogens with zero attached hydrogens (tertiary/aromatic N) is 3. The zero-order valence-electron chi connectivity index (χ0n) is 15.7. The fourth-order valence-electron chi connectivity index (χ4n) is 2.74. The number of rotatable bonds is 9. The molecule has 0 spiro atoms. The first-order valence-corrected chi connectivity index (χ1v) is 8.80. The zero-order valence-corrected chi connectivity index (χ0v) is 18.0. The maximum absolute atomic E-state index is 5.28. The minimum Gasteiger partial charge on any atom is -0.384 e. The number of nitrogens with one attached hydrogen (secondary N) is 1. The molecule has 0 amide bonds. The smallest absolute Gasteiger partial charge is 0.193 e. The molecule has 0 saturated carbocycles. The molecule has 1 fully saturated rings. The monoisotopic (exact) mass is 440 g/mol. The van der Waals surface area contributed by atoms with Gasteiger partial charge in [-0.05, 0) is 53.6 Å². The van der Waals surface area contributed by atoms with Crippen LogP contribution in [0.4, 0.5) is 0 Å². The van der Waals surface area contributed by atoms with Crippen molar-refractivity contribution in [1.29, 1.82) is 0 Å². The van der Waals surface area contributed by atoms with Crippen LogP contribution in [0.5, 0.6) is 0 Å². The summed E-state index contributed by atoms with van der Waals surface area (Å²) in [7, 11) is 3.98. The highest BCUT2D eigenvalue weighted by molar-refractivity contribution is 14.0. The van der Waals surface area contributed by atoms with E-state index in [1.165, 1.54) is 12.8 Å². The molecule has 1 aliphatic rings. The summed E-state index contributed by atoms with van der Waals surface area (Å²) < 4.78 is 5.28. The predicted octanol–water partition coefficient (Wildman–Crippen LogP) is 2.66. The highest BCUT2D eigenvalue weighted by Gasteiger charge is 2.24. The Morgan fingerprint density at radius 3 is 2.74 bits per heavy atom. The van der Waals surface area contributed by atoms with Crippen LogP contribution in [0.25, 0.3) is 0 Å². The molecule has 1 atom stereocenters. The summed E-state index contributed by atoms with van der Waals surface area (Å²) in [4.78, 5) is 9.58. The van der Waals surface area contributed by atoms with Crippen LogP contribution in [0.3, 0.4) is 0 Å². The van der Waals surface area contributed by atoms with Crippen LogP contribution in [0.2, 0.25) is 0 Å². The van der Waals surface area contributed by atoms with E-state index < -0.39 is 0 Å². The summed E-state index contributed by atoms with van der Waals surface area (Å²) >= 11 is 0.